The second-order valence-electron chi connectivity index (χ2n) is 5.61. The van der Waals surface area contributed by atoms with Gasteiger partial charge in [-0.1, -0.05) is 13.3 Å². The third kappa shape index (κ3) is 3.66. The van der Waals surface area contributed by atoms with Crippen LogP contribution in [-0.4, -0.2) is 30.3 Å². The lowest BCUT2D eigenvalue weighted by Gasteiger charge is -2.34. The topological polar surface area (TPSA) is 41.0 Å². The van der Waals surface area contributed by atoms with Gasteiger partial charge in [-0.3, -0.25) is 0 Å². The Hall–Kier alpha value is -1.16. The van der Waals surface area contributed by atoms with Gasteiger partial charge in [0.15, 0.2) is 5.82 Å². The average Bonchev–Trinajstić information content (AvgIpc) is 2.48. The van der Waals surface area contributed by atoms with Crippen molar-refractivity contribution in [3.05, 3.63) is 17.8 Å². The number of nitrogens with one attached hydrogen (secondary N) is 1. The highest BCUT2D eigenvalue weighted by molar-refractivity contribution is 5.37. The molecule has 1 aliphatic rings. The molecule has 0 radical (unpaired) electrons. The predicted octanol–water partition coefficient (Wildman–Crippen LogP) is 2.60. The van der Waals surface area contributed by atoms with Crippen LogP contribution in [0.15, 0.2) is 12.1 Å². The van der Waals surface area contributed by atoms with E-state index in [9.17, 15) is 0 Å². The van der Waals surface area contributed by atoms with E-state index in [2.05, 4.69) is 46.5 Å². The summed E-state index contributed by atoms with van der Waals surface area (Å²) in [6.07, 6.45) is 6.62. The Balaban J connectivity index is 1.94. The lowest BCUT2D eigenvalue weighted by Crippen LogP contribution is -2.35. The molecule has 4 nitrogen and oxygen atoms in total. The molecule has 1 aromatic heterocycles. The predicted molar refractivity (Wildman–Crippen MR) is 79.2 cm³/mol. The van der Waals surface area contributed by atoms with Gasteiger partial charge in [-0.05, 0) is 50.8 Å². The van der Waals surface area contributed by atoms with E-state index >= 15 is 0 Å². The van der Waals surface area contributed by atoms with Gasteiger partial charge in [0.2, 0.25) is 0 Å². The molecule has 1 saturated carbocycles. The Morgan fingerprint density at radius 3 is 2.47 bits per heavy atom. The lowest BCUT2D eigenvalue weighted by molar-refractivity contribution is 0.312. The molecule has 2 rings (SSSR count). The molecular formula is C15H26N4. The third-order valence-electron chi connectivity index (χ3n) is 4.37. The largest absolute Gasteiger partial charge is 0.355 e. The minimum atomic E-state index is 0.632. The maximum absolute atomic E-state index is 4.35. The molecule has 0 aromatic carbocycles. The Bertz CT molecular complexity index is 368. The monoisotopic (exact) mass is 262 g/mol. The molecule has 0 unspecified atom stereocenters. The van der Waals surface area contributed by atoms with Crippen molar-refractivity contribution in [2.45, 2.75) is 51.6 Å². The Kier molecular flexibility index (Phi) is 5.14. The molecular weight excluding hydrogens is 236 g/mol. The van der Waals surface area contributed by atoms with Gasteiger partial charge in [0, 0.05) is 19.6 Å². The van der Waals surface area contributed by atoms with Crippen molar-refractivity contribution < 1.29 is 0 Å². The molecule has 0 atom stereocenters. The molecule has 19 heavy (non-hydrogen) atoms. The van der Waals surface area contributed by atoms with Crippen LogP contribution in [-0.2, 0) is 6.54 Å². The molecule has 0 aliphatic heterocycles. The van der Waals surface area contributed by atoms with Crippen molar-refractivity contribution in [1.82, 2.24) is 15.5 Å². The van der Waals surface area contributed by atoms with E-state index in [0.29, 0.717) is 6.04 Å². The second kappa shape index (κ2) is 6.85. The summed E-state index contributed by atoms with van der Waals surface area (Å²) in [7, 11) is 4.08. The number of rotatable bonds is 5. The van der Waals surface area contributed by atoms with Gasteiger partial charge in [-0.15, -0.1) is 5.10 Å². The number of hydrogen-bond donors (Lipinski definition) is 1. The van der Waals surface area contributed by atoms with Crippen molar-refractivity contribution >= 4 is 5.82 Å². The first-order chi connectivity index (χ1) is 9.24. The van der Waals surface area contributed by atoms with E-state index in [-0.39, 0.29) is 0 Å². The summed E-state index contributed by atoms with van der Waals surface area (Å²) in [5.41, 5.74) is 0.995. The smallest absolute Gasteiger partial charge is 0.151 e. The van der Waals surface area contributed by atoms with Crippen LogP contribution in [0.25, 0.3) is 0 Å². The molecule has 1 aromatic rings. The van der Waals surface area contributed by atoms with Crippen LogP contribution >= 0.6 is 0 Å². The number of aromatic nitrogens is 2. The summed E-state index contributed by atoms with van der Waals surface area (Å²) in [5, 5.41) is 11.7. The fourth-order valence-corrected chi connectivity index (χ4v) is 2.94. The van der Waals surface area contributed by atoms with Gasteiger partial charge in [-0.25, -0.2) is 0 Å². The quantitative estimate of drug-likeness (QED) is 0.885. The lowest BCUT2D eigenvalue weighted by atomic mass is 9.84. The standard InChI is InChI=1S/C15H26N4/c1-4-12-5-8-14(9-6-12)19(3)15-10-7-13(11-16-2)17-18-15/h7,10,12,14,16H,4-6,8-9,11H2,1-3H3. The van der Waals surface area contributed by atoms with Crippen LogP contribution in [0.2, 0.25) is 0 Å². The summed E-state index contributed by atoms with van der Waals surface area (Å²) in [5.74, 6) is 1.94. The van der Waals surface area contributed by atoms with Gasteiger partial charge in [0.25, 0.3) is 0 Å². The van der Waals surface area contributed by atoms with Gasteiger partial charge in [0.05, 0.1) is 5.69 Å². The van der Waals surface area contributed by atoms with Crippen LogP contribution in [0.1, 0.15) is 44.7 Å². The minimum absolute atomic E-state index is 0.632. The highest BCUT2D eigenvalue weighted by Crippen LogP contribution is 2.30. The zero-order valence-corrected chi connectivity index (χ0v) is 12.4. The maximum atomic E-state index is 4.35. The second-order valence-corrected chi connectivity index (χ2v) is 5.61. The van der Waals surface area contributed by atoms with Gasteiger partial charge in [0.1, 0.15) is 0 Å². The Morgan fingerprint density at radius 2 is 1.95 bits per heavy atom. The zero-order chi connectivity index (χ0) is 13.7. The first kappa shape index (κ1) is 14.3. The van der Waals surface area contributed by atoms with Crippen LogP contribution in [0.3, 0.4) is 0 Å². The molecule has 1 fully saturated rings. The maximum Gasteiger partial charge on any atom is 0.151 e. The summed E-state index contributed by atoms with van der Waals surface area (Å²) in [6, 6.07) is 4.78. The summed E-state index contributed by atoms with van der Waals surface area (Å²) >= 11 is 0. The molecule has 0 spiro atoms. The van der Waals surface area contributed by atoms with Gasteiger partial charge in [-0.2, -0.15) is 5.10 Å². The first-order valence-electron chi connectivity index (χ1n) is 7.44. The summed E-state index contributed by atoms with van der Waals surface area (Å²) in [4.78, 5) is 2.31. The van der Waals surface area contributed by atoms with Crippen molar-refractivity contribution in [1.29, 1.82) is 0 Å². The molecule has 4 heteroatoms. The van der Waals surface area contributed by atoms with Crippen molar-refractivity contribution in [3.8, 4) is 0 Å². The van der Waals surface area contributed by atoms with Gasteiger partial charge < -0.3 is 10.2 Å². The van der Waals surface area contributed by atoms with Crippen LogP contribution in [0.5, 0.6) is 0 Å². The van der Waals surface area contributed by atoms with E-state index in [0.717, 1.165) is 24.0 Å². The highest BCUT2D eigenvalue weighted by atomic mass is 15.3. The number of nitrogens with zero attached hydrogens (tertiary/aromatic N) is 3. The van der Waals surface area contributed by atoms with Crippen molar-refractivity contribution in [3.63, 3.8) is 0 Å². The Morgan fingerprint density at radius 1 is 1.21 bits per heavy atom. The van der Waals surface area contributed by atoms with Crippen molar-refractivity contribution in [2.75, 3.05) is 19.0 Å². The average molecular weight is 262 g/mol. The van der Waals surface area contributed by atoms with Gasteiger partial charge >= 0.3 is 0 Å². The van der Waals surface area contributed by atoms with Crippen LogP contribution < -0.4 is 10.2 Å². The van der Waals surface area contributed by atoms with E-state index < -0.39 is 0 Å². The van der Waals surface area contributed by atoms with Crippen molar-refractivity contribution in [2.24, 2.45) is 5.92 Å². The molecule has 1 heterocycles. The van der Waals surface area contributed by atoms with E-state index in [1.54, 1.807) is 0 Å². The van der Waals surface area contributed by atoms with Crippen LogP contribution in [0, 0.1) is 5.92 Å². The van der Waals surface area contributed by atoms with E-state index in [4.69, 9.17) is 0 Å². The Labute approximate surface area is 116 Å². The summed E-state index contributed by atoms with van der Waals surface area (Å²) < 4.78 is 0. The highest BCUT2D eigenvalue weighted by Gasteiger charge is 2.23. The van der Waals surface area contributed by atoms with E-state index in [1.807, 2.05) is 7.05 Å². The fraction of sp³-hybridized carbons (Fsp3) is 0.733. The minimum Gasteiger partial charge on any atom is -0.355 e. The number of hydrogen-bond acceptors (Lipinski definition) is 4. The summed E-state index contributed by atoms with van der Waals surface area (Å²) in [6.45, 7) is 3.08. The fourth-order valence-electron chi connectivity index (χ4n) is 2.94. The molecule has 1 aliphatic carbocycles. The third-order valence-corrected chi connectivity index (χ3v) is 4.37. The zero-order valence-electron chi connectivity index (χ0n) is 12.4. The molecule has 0 bridgehead atoms. The molecule has 0 amide bonds. The molecule has 0 saturated heterocycles. The van der Waals surface area contributed by atoms with Crippen LogP contribution in [0.4, 0.5) is 5.82 Å². The molecule has 1 N–H and O–H groups in total. The normalized spacial score (nSPS) is 23.3. The SMILES string of the molecule is CCC1CCC(N(C)c2ccc(CNC)nn2)CC1. The molecule has 106 valence electrons. The van der Waals surface area contributed by atoms with E-state index in [1.165, 1.54) is 32.1 Å². The number of anilines is 1. The first-order valence-corrected chi connectivity index (χ1v) is 7.44.